The molecule has 0 bridgehead atoms. The number of aromatic amines is 1. The zero-order valence-electron chi connectivity index (χ0n) is 6.87. The van der Waals surface area contributed by atoms with Crippen molar-refractivity contribution in [2.75, 3.05) is 0 Å². The van der Waals surface area contributed by atoms with Gasteiger partial charge in [-0.15, -0.1) is 0 Å². The van der Waals surface area contributed by atoms with Gasteiger partial charge in [-0.05, 0) is 11.6 Å². The van der Waals surface area contributed by atoms with Crippen LogP contribution in [0.2, 0.25) is 0 Å². The molecule has 0 saturated carbocycles. The fraction of sp³-hybridized carbons (Fsp3) is 0.111. The SMILES string of the molecule is Brc1ccccc1Cc1ncn[nH]1. The molecule has 3 nitrogen and oxygen atoms in total. The first-order valence-corrected chi connectivity index (χ1v) is 4.73. The summed E-state index contributed by atoms with van der Waals surface area (Å²) in [4.78, 5) is 4.07. The van der Waals surface area contributed by atoms with E-state index < -0.39 is 0 Å². The van der Waals surface area contributed by atoms with Crippen molar-refractivity contribution in [3.8, 4) is 0 Å². The zero-order valence-corrected chi connectivity index (χ0v) is 8.45. The third-order valence-electron chi connectivity index (χ3n) is 1.78. The molecule has 0 aliphatic heterocycles. The van der Waals surface area contributed by atoms with Gasteiger partial charge in [0.05, 0.1) is 0 Å². The van der Waals surface area contributed by atoms with E-state index in [9.17, 15) is 0 Å². The standard InChI is InChI=1S/C9H8BrN3/c10-8-4-2-1-3-7(8)5-9-11-6-12-13-9/h1-4,6H,5H2,(H,11,12,13). The van der Waals surface area contributed by atoms with E-state index in [4.69, 9.17) is 0 Å². The van der Waals surface area contributed by atoms with E-state index >= 15 is 0 Å². The van der Waals surface area contributed by atoms with Crippen molar-refractivity contribution in [1.29, 1.82) is 0 Å². The first-order valence-electron chi connectivity index (χ1n) is 3.94. The minimum absolute atomic E-state index is 0.779. The summed E-state index contributed by atoms with van der Waals surface area (Å²) in [7, 11) is 0. The maximum atomic E-state index is 4.07. The molecule has 1 N–H and O–H groups in total. The normalized spacial score (nSPS) is 10.2. The fourth-order valence-electron chi connectivity index (χ4n) is 1.14. The number of hydrogen-bond donors (Lipinski definition) is 1. The summed E-state index contributed by atoms with van der Waals surface area (Å²) < 4.78 is 1.10. The molecule has 1 aromatic heterocycles. The van der Waals surface area contributed by atoms with Crippen LogP contribution < -0.4 is 0 Å². The molecule has 1 aromatic carbocycles. The Balaban J connectivity index is 2.24. The first-order chi connectivity index (χ1) is 6.36. The molecule has 2 aromatic rings. The van der Waals surface area contributed by atoms with Crippen LogP contribution in [0.5, 0.6) is 0 Å². The molecular formula is C9H8BrN3. The second kappa shape index (κ2) is 3.70. The molecule has 0 fully saturated rings. The van der Waals surface area contributed by atoms with Gasteiger partial charge in [-0.25, -0.2) is 4.98 Å². The Morgan fingerprint density at radius 2 is 2.15 bits per heavy atom. The summed E-state index contributed by atoms with van der Waals surface area (Å²) in [6.45, 7) is 0. The predicted molar refractivity (Wildman–Crippen MR) is 53.3 cm³/mol. The topological polar surface area (TPSA) is 41.6 Å². The third-order valence-corrected chi connectivity index (χ3v) is 2.55. The van der Waals surface area contributed by atoms with E-state index in [1.54, 1.807) is 0 Å². The molecule has 0 unspecified atom stereocenters. The van der Waals surface area contributed by atoms with Crippen molar-refractivity contribution in [1.82, 2.24) is 15.2 Å². The van der Waals surface area contributed by atoms with Crippen LogP contribution in [0.1, 0.15) is 11.4 Å². The van der Waals surface area contributed by atoms with Gasteiger partial charge in [-0.1, -0.05) is 34.1 Å². The molecule has 4 heteroatoms. The summed E-state index contributed by atoms with van der Waals surface area (Å²) >= 11 is 3.48. The van der Waals surface area contributed by atoms with Crippen LogP contribution in [0, 0.1) is 0 Å². The summed E-state index contributed by atoms with van der Waals surface area (Å²) in [6.07, 6.45) is 2.30. The lowest BCUT2D eigenvalue weighted by Gasteiger charge is -2.00. The van der Waals surface area contributed by atoms with E-state index in [-0.39, 0.29) is 0 Å². The molecule has 1 heterocycles. The van der Waals surface area contributed by atoms with E-state index in [1.807, 2.05) is 18.2 Å². The number of halogens is 1. The summed E-state index contributed by atoms with van der Waals surface area (Å²) in [5.41, 5.74) is 1.21. The molecule has 13 heavy (non-hydrogen) atoms. The molecule has 0 atom stereocenters. The monoisotopic (exact) mass is 237 g/mol. The van der Waals surface area contributed by atoms with Gasteiger partial charge in [-0.2, -0.15) is 5.10 Å². The van der Waals surface area contributed by atoms with Crippen molar-refractivity contribution in [2.24, 2.45) is 0 Å². The Morgan fingerprint density at radius 1 is 1.31 bits per heavy atom. The minimum Gasteiger partial charge on any atom is -0.263 e. The highest BCUT2D eigenvalue weighted by molar-refractivity contribution is 9.10. The number of rotatable bonds is 2. The van der Waals surface area contributed by atoms with E-state index in [0.717, 1.165) is 16.7 Å². The second-order valence-electron chi connectivity index (χ2n) is 2.70. The number of nitrogens with one attached hydrogen (secondary N) is 1. The van der Waals surface area contributed by atoms with Crippen molar-refractivity contribution < 1.29 is 0 Å². The molecule has 0 aliphatic rings. The molecule has 0 spiro atoms. The molecule has 0 aliphatic carbocycles. The lowest BCUT2D eigenvalue weighted by molar-refractivity contribution is 0.969. The Kier molecular flexibility index (Phi) is 2.40. The van der Waals surface area contributed by atoms with Gasteiger partial charge in [0.2, 0.25) is 0 Å². The molecule has 0 radical (unpaired) electrons. The van der Waals surface area contributed by atoms with Crippen LogP contribution in [0.4, 0.5) is 0 Å². The van der Waals surface area contributed by atoms with Gasteiger partial charge in [0, 0.05) is 10.9 Å². The smallest absolute Gasteiger partial charge is 0.137 e. The Hall–Kier alpha value is -1.16. The first kappa shape index (κ1) is 8.44. The maximum Gasteiger partial charge on any atom is 0.137 e. The predicted octanol–water partition coefficient (Wildman–Crippen LogP) is 2.16. The van der Waals surface area contributed by atoms with Gasteiger partial charge >= 0.3 is 0 Å². The quantitative estimate of drug-likeness (QED) is 0.870. The Labute approximate surface area is 84.3 Å². The number of H-pyrrole nitrogens is 1. The average Bonchev–Trinajstić information content (AvgIpc) is 2.61. The van der Waals surface area contributed by atoms with Crippen molar-refractivity contribution in [2.45, 2.75) is 6.42 Å². The highest BCUT2D eigenvalue weighted by Crippen LogP contribution is 2.17. The van der Waals surface area contributed by atoms with E-state index in [2.05, 4.69) is 37.2 Å². The van der Waals surface area contributed by atoms with Crippen LogP contribution in [0.15, 0.2) is 35.1 Å². The van der Waals surface area contributed by atoms with Crippen LogP contribution in [-0.2, 0) is 6.42 Å². The Bertz CT molecular complexity index is 384. The minimum atomic E-state index is 0.779. The van der Waals surface area contributed by atoms with Crippen LogP contribution in [0.3, 0.4) is 0 Å². The van der Waals surface area contributed by atoms with Crippen molar-refractivity contribution >= 4 is 15.9 Å². The van der Waals surface area contributed by atoms with Crippen LogP contribution >= 0.6 is 15.9 Å². The number of hydrogen-bond acceptors (Lipinski definition) is 2. The number of nitrogens with zero attached hydrogens (tertiary/aromatic N) is 2. The second-order valence-corrected chi connectivity index (χ2v) is 3.55. The Morgan fingerprint density at radius 3 is 2.85 bits per heavy atom. The van der Waals surface area contributed by atoms with Crippen molar-refractivity contribution in [3.05, 3.63) is 46.5 Å². The third kappa shape index (κ3) is 1.95. The largest absolute Gasteiger partial charge is 0.263 e. The number of benzene rings is 1. The van der Waals surface area contributed by atoms with Crippen LogP contribution in [-0.4, -0.2) is 15.2 Å². The van der Waals surface area contributed by atoms with Gasteiger partial charge in [-0.3, -0.25) is 5.10 Å². The van der Waals surface area contributed by atoms with Gasteiger partial charge in [0.25, 0.3) is 0 Å². The van der Waals surface area contributed by atoms with Crippen LogP contribution in [0.25, 0.3) is 0 Å². The van der Waals surface area contributed by atoms with Gasteiger partial charge < -0.3 is 0 Å². The molecular weight excluding hydrogens is 230 g/mol. The lowest BCUT2D eigenvalue weighted by Crippen LogP contribution is -1.91. The maximum absolute atomic E-state index is 4.07. The van der Waals surface area contributed by atoms with Gasteiger partial charge in [0.1, 0.15) is 12.2 Å². The summed E-state index contributed by atoms with van der Waals surface area (Å²) in [6, 6.07) is 8.09. The van der Waals surface area contributed by atoms with Gasteiger partial charge in [0.15, 0.2) is 0 Å². The molecule has 2 rings (SSSR count). The summed E-state index contributed by atoms with van der Waals surface area (Å²) in [5, 5.41) is 6.63. The highest BCUT2D eigenvalue weighted by atomic mass is 79.9. The highest BCUT2D eigenvalue weighted by Gasteiger charge is 2.01. The van der Waals surface area contributed by atoms with E-state index in [1.165, 1.54) is 11.9 Å². The van der Waals surface area contributed by atoms with Crippen molar-refractivity contribution in [3.63, 3.8) is 0 Å². The molecule has 66 valence electrons. The fourth-order valence-corrected chi connectivity index (χ4v) is 1.56. The molecule has 0 saturated heterocycles. The zero-order chi connectivity index (χ0) is 9.10. The number of aromatic nitrogens is 3. The lowest BCUT2D eigenvalue weighted by atomic mass is 10.1. The summed E-state index contributed by atoms with van der Waals surface area (Å²) in [5.74, 6) is 0.881. The van der Waals surface area contributed by atoms with E-state index in [0.29, 0.717) is 0 Å². The average molecular weight is 238 g/mol. The molecule has 0 amide bonds.